The number of carbonyl (C=O) groups is 2. The summed E-state index contributed by atoms with van der Waals surface area (Å²) in [5, 5.41) is 0. The number of aromatic nitrogens is 2. The largest absolute Gasteiger partial charge is 0.449 e. The number of nitrogens with zero attached hydrogens (tertiary/aromatic N) is 2. The predicted molar refractivity (Wildman–Crippen MR) is 103 cm³/mol. The first-order valence-electron chi connectivity index (χ1n) is 9.20. The molecule has 0 saturated heterocycles. The van der Waals surface area contributed by atoms with Gasteiger partial charge in [-0.05, 0) is 49.1 Å². The smallest absolute Gasteiger partial charge is 0.338 e. The van der Waals surface area contributed by atoms with Crippen LogP contribution >= 0.6 is 0 Å². The third-order valence-corrected chi connectivity index (χ3v) is 4.93. The van der Waals surface area contributed by atoms with Crippen LogP contribution in [0, 0.1) is 0 Å². The van der Waals surface area contributed by atoms with Crippen molar-refractivity contribution in [2.45, 2.75) is 32.3 Å². The molecule has 27 heavy (non-hydrogen) atoms. The van der Waals surface area contributed by atoms with Crippen LogP contribution in [-0.4, -0.2) is 34.5 Å². The van der Waals surface area contributed by atoms with E-state index >= 15 is 0 Å². The molecular formula is C21H21N3O3. The van der Waals surface area contributed by atoms with Gasteiger partial charge in [0.2, 0.25) is 0 Å². The maximum atomic E-state index is 13.1. The first-order chi connectivity index (χ1) is 13.2. The van der Waals surface area contributed by atoms with Crippen LogP contribution in [0.5, 0.6) is 0 Å². The van der Waals surface area contributed by atoms with E-state index in [1.807, 2.05) is 31.2 Å². The molecule has 1 atom stereocenters. The summed E-state index contributed by atoms with van der Waals surface area (Å²) in [6.45, 7) is 2.49. The summed E-state index contributed by atoms with van der Waals surface area (Å²) in [7, 11) is 0. The number of ether oxygens (including phenoxy) is 1. The molecule has 2 aromatic carbocycles. The second-order valence-corrected chi connectivity index (χ2v) is 6.66. The zero-order valence-corrected chi connectivity index (χ0v) is 15.1. The molecule has 0 spiro atoms. The van der Waals surface area contributed by atoms with Crippen molar-refractivity contribution in [1.82, 2.24) is 9.97 Å². The van der Waals surface area contributed by atoms with Crippen molar-refractivity contribution in [3.63, 3.8) is 0 Å². The first kappa shape index (κ1) is 17.3. The third-order valence-electron chi connectivity index (χ3n) is 4.93. The molecule has 2 heterocycles. The minimum atomic E-state index is -0.805. The van der Waals surface area contributed by atoms with Gasteiger partial charge in [0, 0.05) is 12.2 Å². The number of rotatable bonds is 4. The molecule has 1 unspecified atom stereocenters. The maximum Gasteiger partial charge on any atom is 0.338 e. The fourth-order valence-corrected chi connectivity index (χ4v) is 3.50. The molecule has 3 aromatic rings. The van der Waals surface area contributed by atoms with Gasteiger partial charge < -0.3 is 14.6 Å². The molecule has 6 heteroatoms. The summed E-state index contributed by atoms with van der Waals surface area (Å²) in [4.78, 5) is 34.5. The Morgan fingerprint density at radius 3 is 2.96 bits per heavy atom. The molecule has 1 aliphatic heterocycles. The fraction of sp³-hybridized carbons (Fsp3) is 0.286. The summed E-state index contributed by atoms with van der Waals surface area (Å²) in [5.74, 6) is -0.669. The average molecular weight is 363 g/mol. The Bertz CT molecular complexity index is 995. The van der Waals surface area contributed by atoms with Crippen LogP contribution in [0.1, 0.15) is 35.7 Å². The Balaban J connectivity index is 1.53. The lowest BCUT2D eigenvalue weighted by atomic mass is 10.0. The number of carbonyl (C=O) groups excluding carboxylic acids is 2. The molecule has 1 N–H and O–H groups in total. The maximum absolute atomic E-state index is 13.1. The average Bonchev–Trinajstić information content (AvgIpc) is 3.18. The monoisotopic (exact) mass is 363 g/mol. The van der Waals surface area contributed by atoms with Gasteiger partial charge in [0.1, 0.15) is 0 Å². The van der Waals surface area contributed by atoms with Crippen LogP contribution in [0.25, 0.3) is 11.0 Å². The molecule has 138 valence electrons. The summed E-state index contributed by atoms with van der Waals surface area (Å²) in [6.07, 6.45) is 3.06. The van der Waals surface area contributed by atoms with Gasteiger partial charge in [-0.2, -0.15) is 0 Å². The van der Waals surface area contributed by atoms with Crippen molar-refractivity contribution in [1.29, 1.82) is 0 Å². The topological polar surface area (TPSA) is 75.3 Å². The number of hydrogen-bond donors (Lipinski definition) is 1. The quantitative estimate of drug-likeness (QED) is 0.720. The summed E-state index contributed by atoms with van der Waals surface area (Å²) in [6, 6.07) is 13.0. The first-order valence-corrected chi connectivity index (χ1v) is 9.20. The zero-order valence-electron chi connectivity index (χ0n) is 15.1. The van der Waals surface area contributed by atoms with Crippen LogP contribution < -0.4 is 4.90 Å². The van der Waals surface area contributed by atoms with E-state index in [1.54, 1.807) is 29.4 Å². The summed E-state index contributed by atoms with van der Waals surface area (Å²) >= 11 is 0. The van der Waals surface area contributed by atoms with Crippen molar-refractivity contribution >= 4 is 28.6 Å². The van der Waals surface area contributed by atoms with Crippen molar-refractivity contribution in [3.05, 3.63) is 59.9 Å². The molecular weight excluding hydrogens is 342 g/mol. The van der Waals surface area contributed by atoms with E-state index in [1.165, 1.54) is 0 Å². The molecule has 1 aromatic heterocycles. The van der Waals surface area contributed by atoms with Crippen molar-refractivity contribution < 1.29 is 14.3 Å². The van der Waals surface area contributed by atoms with Crippen LogP contribution in [0.15, 0.2) is 48.8 Å². The molecule has 6 nitrogen and oxygen atoms in total. The Labute approximate surface area is 157 Å². The molecule has 0 fully saturated rings. The fourth-order valence-electron chi connectivity index (χ4n) is 3.50. The lowest BCUT2D eigenvalue weighted by Crippen LogP contribution is -2.43. The number of hydrogen-bond acceptors (Lipinski definition) is 4. The number of aryl methyl sites for hydroxylation is 1. The number of aromatic amines is 1. The Morgan fingerprint density at radius 1 is 1.26 bits per heavy atom. The Hall–Kier alpha value is -3.15. The van der Waals surface area contributed by atoms with E-state index in [4.69, 9.17) is 4.74 Å². The second-order valence-electron chi connectivity index (χ2n) is 6.66. The number of imidazole rings is 1. The highest BCUT2D eigenvalue weighted by molar-refractivity contribution is 6.00. The van der Waals surface area contributed by atoms with Gasteiger partial charge in [-0.15, -0.1) is 0 Å². The van der Waals surface area contributed by atoms with Gasteiger partial charge in [-0.25, -0.2) is 9.78 Å². The Kier molecular flexibility index (Phi) is 4.62. The van der Waals surface area contributed by atoms with Crippen molar-refractivity contribution in [2.24, 2.45) is 0 Å². The van der Waals surface area contributed by atoms with Gasteiger partial charge >= 0.3 is 5.97 Å². The van der Waals surface area contributed by atoms with Gasteiger partial charge in [0.05, 0.1) is 22.9 Å². The number of esters is 1. The predicted octanol–water partition coefficient (Wildman–Crippen LogP) is 3.48. The molecule has 1 amide bonds. The number of para-hydroxylation sites is 1. The van der Waals surface area contributed by atoms with Crippen LogP contribution in [0.3, 0.4) is 0 Å². The van der Waals surface area contributed by atoms with Gasteiger partial charge in [-0.1, -0.05) is 25.1 Å². The highest BCUT2D eigenvalue weighted by Crippen LogP contribution is 2.28. The lowest BCUT2D eigenvalue weighted by molar-refractivity contribution is -0.127. The summed E-state index contributed by atoms with van der Waals surface area (Å²) < 4.78 is 5.58. The SMILES string of the molecule is CCC(OC(=O)c1ccc2nc[nH]c2c1)C(=O)N1CCCc2ccccc21. The summed E-state index contributed by atoms with van der Waals surface area (Å²) in [5.41, 5.74) is 4.01. The standard InChI is InChI=1S/C21H21N3O3/c1-2-19(20(25)24-11-5-7-14-6-3-4-8-18(14)24)27-21(26)15-9-10-16-17(12-15)23-13-22-16/h3-4,6,8-10,12-13,19H,2,5,7,11H2,1H3,(H,22,23). The highest BCUT2D eigenvalue weighted by atomic mass is 16.5. The molecule has 0 saturated carbocycles. The van der Waals surface area contributed by atoms with Crippen molar-refractivity contribution in [3.8, 4) is 0 Å². The number of H-pyrrole nitrogens is 1. The Morgan fingerprint density at radius 2 is 2.11 bits per heavy atom. The van der Waals surface area contributed by atoms with Gasteiger partial charge in [0.15, 0.2) is 6.10 Å². The lowest BCUT2D eigenvalue weighted by Gasteiger charge is -2.31. The number of anilines is 1. The van der Waals surface area contributed by atoms with Gasteiger partial charge in [-0.3, -0.25) is 4.79 Å². The van der Waals surface area contributed by atoms with Crippen molar-refractivity contribution in [2.75, 3.05) is 11.4 Å². The third kappa shape index (κ3) is 3.30. The van der Waals surface area contributed by atoms with Crippen LogP contribution in [-0.2, 0) is 16.0 Å². The zero-order chi connectivity index (χ0) is 18.8. The normalized spacial score (nSPS) is 14.6. The van der Waals surface area contributed by atoms with E-state index in [0.29, 0.717) is 18.5 Å². The molecule has 0 aliphatic carbocycles. The van der Waals surface area contributed by atoms with E-state index in [2.05, 4.69) is 9.97 Å². The molecule has 1 aliphatic rings. The van der Waals surface area contributed by atoms with Crippen LogP contribution in [0.2, 0.25) is 0 Å². The molecule has 0 bridgehead atoms. The number of amides is 1. The van der Waals surface area contributed by atoms with E-state index < -0.39 is 12.1 Å². The number of benzene rings is 2. The minimum absolute atomic E-state index is 0.166. The van der Waals surface area contributed by atoms with E-state index in [9.17, 15) is 9.59 Å². The minimum Gasteiger partial charge on any atom is -0.449 e. The van der Waals surface area contributed by atoms with E-state index in [0.717, 1.165) is 35.1 Å². The molecule has 4 rings (SSSR count). The van der Waals surface area contributed by atoms with Gasteiger partial charge in [0.25, 0.3) is 5.91 Å². The number of fused-ring (bicyclic) bond motifs is 2. The highest BCUT2D eigenvalue weighted by Gasteiger charge is 2.30. The molecule has 0 radical (unpaired) electrons. The van der Waals surface area contributed by atoms with Crippen LogP contribution in [0.4, 0.5) is 5.69 Å². The van der Waals surface area contributed by atoms with E-state index in [-0.39, 0.29) is 5.91 Å². The second kappa shape index (κ2) is 7.23. The number of nitrogens with one attached hydrogen (secondary N) is 1.